The molecule has 5 heteroatoms. The van der Waals surface area contributed by atoms with Gasteiger partial charge < -0.3 is 9.84 Å². The van der Waals surface area contributed by atoms with Crippen molar-refractivity contribution >= 4 is 27.5 Å². The van der Waals surface area contributed by atoms with Crippen molar-refractivity contribution in [3.05, 3.63) is 62.8 Å². The minimum atomic E-state index is -1.13. The van der Waals surface area contributed by atoms with Crippen molar-refractivity contribution in [2.75, 3.05) is 7.11 Å². The zero-order valence-corrected chi connectivity index (χ0v) is 12.4. The van der Waals surface area contributed by atoms with Gasteiger partial charge in [0.25, 0.3) is 0 Å². The second kappa shape index (κ2) is 5.90. The highest BCUT2D eigenvalue weighted by molar-refractivity contribution is 9.10. The van der Waals surface area contributed by atoms with Crippen molar-refractivity contribution in [2.45, 2.75) is 6.10 Å². The summed E-state index contributed by atoms with van der Waals surface area (Å²) in [5, 5.41) is 10.6. The highest BCUT2D eigenvalue weighted by Crippen LogP contribution is 2.32. The van der Waals surface area contributed by atoms with Gasteiger partial charge in [0, 0.05) is 26.7 Å². The molecule has 0 aromatic heterocycles. The van der Waals surface area contributed by atoms with E-state index in [4.69, 9.17) is 16.3 Å². The van der Waals surface area contributed by atoms with Crippen LogP contribution in [0.2, 0.25) is 5.02 Å². The lowest BCUT2D eigenvalue weighted by atomic mass is 10.0. The Morgan fingerprint density at radius 1 is 1.21 bits per heavy atom. The maximum absolute atomic E-state index is 13.9. The summed E-state index contributed by atoms with van der Waals surface area (Å²) < 4.78 is 19.6. The molecular formula is C14H11BrClFO2. The zero-order chi connectivity index (χ0) is 14.0. The van der Waals surface area contributed by atoms with Crippen LogP contribution < -0.4 is 4.74 Å². The molecule has 0 bridgehead atoms. The van der Waals surface area contributed by atoms with Gasteiger partial charge in [-0.1, -0.05) is 27.5 Å². The number of aliphatic hydroxyl groups excluding tert-OH is 1. The van der Waals surface area contributed by atoms with Gasteiger partial charge in [-0.25, -0.2) is 4.39 Å². The predicted octanol–water partition coefficient (Wildman–Crippen LogP) is 4.33. The Morgan fingerprint density at radius 3 is 2.58 bits per heavy atom. The van der Waals surface area contributed by atoms with Gasteiger partial charge in [0.15, 0.2) is 0 Å². The molecule has 1 unspecified atom stereocenters. The van der Waals surface area contributed by atoms with E-state index in [1.807, 2.05) is 0 Å². The molecule has 0 saturated carbocycles. The summed E-state index contributed by atoms with van der Waals surface area (Å²) in [4.78, 5) is 0. The van der Waals surface area contributed by atoms with E-state index in [9.17, 15) is 9.50 Å². The van der Waals surface area contributed by atoms with Crippen molar-refractivity contribution in [2.24, 2.45) is 0 Å². The number of rotatable bonds is 3. The predicted molar refractivity (Wildman–Crippen MR) is 76.2 cm³/mol. The number of methoxy groups -OCH3 is 1. The highest BCUT2D eigenvalue weighted by atomic mass is 79.9. The fraction of sp³-hybridized carbons (Fsp3) is 0.143. The third-order valence-corrected chi connectivity index (χ3v) is 3.59. The quantitative estimate of drug-likeness (QED) is 0.897. The van der Waals surface area contributed by atoms with E-state index in [0.717, 1.165) is 4.47 Å². The monoisotopic (exact) mass is 344 g/mol. The van der Waals surface area contributed by atoms with E-state index in [2.05, 4.69) is 15.9 Å². The van der Waals surface area contributed by atoms with Gasteiger partial charge in [-0.2, -0.15) is 0 Å². The molecule has 2 rings (SSSR count). The Labute approximate surface area is 123 Å². The Kier molecular flexibility index (Phi) is 4.45. The molecule has 2 nitrogen and oxygen atoms in total. The first-order valence-corrected chi connectivity index (χ1v) is 6.66. The van der Waals surface area contributed by atoms with E-state index in [1.165, 1.54) is 19.2 Å². The summed E-state index contributed by atoms with van der Waals surface area (Å²) >= 11 is 9.32. The summed E-state index contributed by atoms with van der Waals surface area (Å²) in [6.45, 7) is 0. The van der Waals surface area contributed by atoms with Crippen LogP contribution in [0.5, 0.6) is 5.75 Å². The largest absolute Gasteiger partial charge is 0.497 e. The second-order valence-corrected chi connectivity index (χ2v) is 5.28. The van der Waals surface area contributed by atoms with Crippen LogP contribution in [0, 0.1) is 5.82 Å². The molecular weight excluding hydrogens is 335 g/mol. The topological polar surface area (TPSA) is 29.5 Å². The van der Waals surface area contributed by atoms with Crippen molar-refractivity contribution in [3.63, 3.8) is 0 Å². The van der Waals surface area contributed by atoms with Gasteiger partial charge in [0.2, 0.25) is 0 Å². The van der Waals surface area contributed by atoms with Gasteiger partial charge in [-0.15, -0.1) is 0 Å². The standard InChI is InChI=1S/C14H11BrClFO2/c1-19-9-3-4-10(13(17)7-9)14(18)11-6-8(15)2-5-12(11)16/h2-7,14,18H,1H3. The third-order valence-electron chi connectivity index (χ3n) is 2.75. The van der Waals surface area contributed by atoms with E-state index in [0.29, 0.717) is 16.3 Å². The molecule has 100 valence electrons. The molecule has 1 atom stereocenters. The number of hydrogen-bond donors (Lipinski definition) is 1. The normalized spacial score (nSPS) is 12.3. The summed E-state index contributed by atoms with van der Waals surface area (Å²) in [6.07, 6.45) is -1.13. The van der Waals surface area contributed by atoms with Crippen molar-refractivity contribution in [3.8, 4) is 5.75 Å². The molecule has 2 aromatic rings. The van der Waals surface area contributed by atoms with Gasteiger partial charge in [-0.3, -0.25) is 0 Å². The Hall–Kier alpha value is -1.10. The molecule has 0 aliphatic rings. The van der Waals surface area contributed by atoms with Crippen LogP contribution in [-0.2, 0) is 0 Å². The molecule has 0 spiro atoms. The van der Waals surface area contributed by atoms with Crippen LogP contribution in [0.3, 0.4) is 0 Å². The fourth-order valence-corrected chi connectivity index (χ4v) is 2.35. The lowest BCUT2D eigenvalue weighted by molar-refractivity contribution is 0.214. The summed E-state index contributed by atoms with van der Waals surface area (Å²) in [5.74, 6) is -0.142. The van der Waals surface area contributed by atoms with E-state index >= 15 is 0 Å². The SMILES string of the molecule is COc1ccc(C(O)c2cc(Br)ccc2Cl)c(F)c1. The molecule has 0 fully saturated rings. The lowest BCUT2D eigenvalue weighted by Crippen LogP contribution is -2.03. The maximum atomic E-state index is 13.9. The molecule has 0 saturated heterocycles. The summed E-state index contributed by atoms with van der Waals surface area (Å²) in [6, 6.07) is 9.36. The molecule has 0 aliphatic carbocycles. The Bertz CT molecular complexity index is 604. The zero-order valence-electron chi connectivity index (χ0n) is 10.0. The molecule has 0 radical (unpaired) electrons. The van der Waals surface area contributed by atoms with Gasteiger partial charge in [0.05, 0.1) is 7.11 Å². The van der Waals surface area contributed by atoms with Crippen LogP contribution in [0.25, 0.3) is 0 Å². The minimum Gasteiger partial charge on any atom is -0.497 e. The molecule has 0 heterocycles. The number of hydrogen-bond acceptors (Lipinski definition) is 2. The van der Waals surface area contributed by atoms with Crippen LogP contribution in [0.1, 0.15) is 17.2 Å². The summed E-state index contributed by atoms with van der Waals surface area (Å²) in [5.41, 5.74) is 0.598. The molecule has 19 heavy (non-hydrogen) atoms. The van der Waals surface area contributed by atoms with Gasteiger partial charge >= 0.3 is 0 Å². The molecule has 1 N–H and O–H groups in total. The first-order valence-electron chi connectivity index (χ1n) is 5.49. The molecule has 2 aromatic carbocycles. The van der Waals surface area contributed by atoms with Gasteiger partial charge in [0.1, 0.15) is 17.7 Å². The molecule has 0 amide bonds. The van der Waals surface area contributed by atoms with E-state index in [1.54, 1.807) is 24.3 Å². The number of halogens is 3. The maximum Gasteiger partial charge on any atom is 0.133 e. The average molecular weight is 346 g/mol. The summed E-state index contributed by atoms with van der Waals surface area (Å²) in [7, 11) is 1.45. The van der Waals surface area contributed by atoms with E-state index in [-0.39, 0.29) is 5.56 Å². The first kappa shape index (κ1) is 14.3. The van der Waals surface area contributed by atoms with Crippen LogP contribution in [0.4, 0.5) is 4.39 Å². The Morgan fingerprint density at radius 2 is 1.95 bits per heavy atom. The second-order valence-electron chi connectivity index (χ2n) is 3.96. The number of aliphatic hydroxyl groups is 1. The van der Waals surface area contributed by atoms with Crippen molar-refractivity contribution < 1.29 is 14.2 Å². The van der Waals surface area contributed by atoms with Crippen LogP contribution >= 0.6 is 27.5 Å². The van der Waals surface area contributed by atoms with E-state index < -0.39 is 11.9 Å². The van der Waals surface area contributed by atoms with Crippen LogP contribution in [0.15, 0.2) is 40.9 Å². The first-order chi connectivity index (χ1) is 9.02. The highest BCUT2D eigenvalue weighted by Gasteiger charge is 2.18. The molecule has 0 aliphatic heterocycles. The van der Waals surface area contributed by atoms with Crippen molar-refractivity contribution in [1.29, 1.82) is 0 Å². The Balaban J connectivity index is 2.43. The smallest absolute Gasteiger partial charge is 0.133 e. The van der Waals surface area contributed by atoms with Gasteiger partial charge in [-0.05, 0) is 30.3 Å². The fourth-order valence-electron chi connectivity index (χ4n) is 1.75. The number of benzene rings is 2. The van der Waals surface area contributed by atoms with Crippen molar-refractivity contribution in [1.82, 2.24) is 0 Å². The minimum absolute atomic E-state index is 0.154. The van der Waals surface area contributed by atoms with Crippen LogP contribution in [-0.4, -0.2) is 12.2 Å². The number of ether oxygens (including phenoxy) is 1. The third kappa shape index (κ3) is 3.08. The lowest BCUT2D eigenvalue weighted by Gasteiger charge is -2.15. The average Bonchev–Trinajstić information content (AvgIpc) is 2.40.